The second-order valence-electron chi connectivity index (χ2n) is 6.83. The number of carbonyl (C=O) groups excluding carboxylic acids is 2. The molecule has 13 heteroatoms. The summed E-state index contributed by atoms with van der Waals surface area (Å²) in [5, 5.41) is 2.36. The maximum absolute atomic E-state index is 12.9. The molecule has 0 aliphatic rings. The monoisotopic (exact) mass is 470 g/mol. The van der Waals surface area contributed by atoms with Crippen molar-refractivity contribution in [3.63, 3.8) is 0 Å². The summed E-state index contributed by atoms with van der Waals surface area (Å²) >= 11 is 0. The van der Waals surface area contributed by atoms with Crippen LogP contribution in [0, 0.1) is 0 Å². The van der Waals surface area contributed by atoms with Gasteiger partial charge >= 0.3 is 12.1 Å². The van der Waals surface area contributed by atoms with Gasteiger partial charge < -0.3 is 14.5 Å². The van der Waals surface area contributed by atoms with E-state index in [1.807, 2.05) is 0 Å². The second kappa shape index (κ2) is 8.57. The van der Waals surface area contributed by atoms with Crippen LogP contribution in [0.4, 0.5) is 18.9 Å². The molecule has 3 aromatic heterocycles. The molecule has 32 heavy (non-hydrogen) atoms. The van der Waals surface area contributed by atoms with Crippen molar-refractivity contribution >= 4 is 33.0 Å². The summed E-state index contributed by atoms with van der Waals surface area (Å²) in [5.74, 6) is -1.93. The largest absolute Gasteiger partial charge is 0.465 e. The van der Waals surface area contributed by atoms with Crippen LogP contribution in [0.2, 0.25) is 0 Å². The zero-order chi connectivity index (χ0) is 23.7. The van der Waals surface area contributed by atoms with Crippen LogP contribution in [0.5, 0.6) is 0 Å². The van der Waals surface area contributed by atoms with E-state index in [-0.39, 0.29) is 29.1 Å². The number of halogens is 3. The molecule has 0 unspecified atom stereocenters. The maximum atomic E-state index is 12.9. The van der Waals surface area contributed by atoms with Crippen molar-refractivity contribution < 1.29 is 35.9 Å². The predicted octanol–water partition coefficient (Wildman–Crippen LogP) is 2.37. The number of rotatable bonds is 6. The van der Waals surface area contributed by atoms with Gasteiger partial charge in [-0.05, 0) is 18.2 Å². The van der Waals surface area contributed by atoms with E-state index in [2.05, 4.69) is 15.3 Å². The Hall–Kier alpha value is -3.48. The predicted molar refractivity (Wildman–Crippen MR) is 107 cm³/mol. The molecule has 0 saturated carbocycles. The van der Waals surface area contributed by atoms with Gasteiger partial charge in [-0.1, -0.05) is 6.07 Å². The lowest BCUT2D eigenvalue weighted by atomic mass is 10.2. The quantitative estimate of drug-likeness (QED) is 0.549. The van der Waals surface area contributed by atoms with Gasteiger partial charge in [-0.2, -0.15) is 13.2 Å². The third-order valence-corrected chi connectivity index (χ3v) is 5.24. The summed E-state index contributed by atoms with van der Waals surface area (Å²) < 4.78 is 67.6. The molecule has 1 N–H and O–H groups in total. The summed E-state index contributed by atoms with van der Waals surface area (Å²) in [6.45, 7) is 0. The number of nitrogens with one attached hydrogen (secondary N) is 1. The van der Waals surface area contributed by atoms with E-state index in [0.717, 1.165) is 31.6 Å². The first-order valence-electron chi connectivity index (χ1n) is 9.00. The number of aromatic nitrogens is 3. The van der Waals surface area contributed by atoms with Crippen LogP contribution in [-0.4, -0.2) is 53.8 Å². The molecule has 1 amide bonds. The topological polar surface area (TPSA) is 120 Å². The smallest absolute Gasteiger partial charge is 0.433 e. The van der Waals surface area contributed by atoms with E-state index < -0.39 is 39.3 Å². The van der Waals surface area contributed by atoms with E-state index in [0.29, 0.717) is 5.69 Å². The highest BCUT2D eigenvalue weighted by Gasteiger charge is 2.33. The number of pyridine rings is 2. The lowest BCUT2D eigenvalue weighted by molar-refractivity contribution is -0.141. The standard InChI is InChI=1S/C19H17F3N4O5S/c1-31-18(28)12-8-16-23-11(6-7-32(2,29)30)9-26(16)10-14(12)25-17(27)13-4-3-5-15(24-13)19(20,21)22/h3-5,8-10H,6-7H2,1-2H3,(H,25,27). The SMILES string of the molecule is COC(=O)c1cc2nc(CCS(C)(=O)=O)cn2cc1NC(=O)c1cccc(C(F)(F)F)n1. The number of esters is 1. The number of amides is 1. The molecule has 3 rings (SSSR count). The van der Waals surface area contributed by atoms with Gasteiger partial charge in [0.15, 0.2) is 0 Å². The van der Waals surface area contributed by atoms with Gasteiger partial charge in [0.2, 0.25) is 0 Å². The van der Waals surface area contributed by atoms with Gasteiger partial charge in [0, 0.05) is 25.1 Å². The van der Waals surface area contributed by atoms with Gasteiger partial charge in [-0.25, -0.2) is 23.2 Å². The average Bonchev–Trinajstić information content (AvgIpc) is 3.12. The Morgan fingerprint density at radius 2 is 1.91 bits per heavy atom. The second-order valence-corrected chi connectivity index (χ2v) is 9.09. The van der Waals surface area contributed by atoms with Crippen molar-refractivity contribution in [2.75, 3.05) is 24.4 Å². The Balaban J connectivity index is 1.97. The molecular weight excluding hydrogens is 453 g/mol. The molecular formula is C19H17F3N4O5S. The first-order valence-corrected chi connectivity index (χ1v) is 11.1. The molecule has 0 fully saturated rings. The number of nitrogens with zero attached hydrogens (tertiary/aromatic N) is 3. The first-order chi connectivity index (χ1) is 14.9. The normalized spacial score (nSPS) is 12.0. The molecule has 0 aromatic carbocycles. The number of anilines is 1. The molecule has 3 heterocycles. The van der Waals surface area contributed by atoms with Crippen LogP contribution < -0.4 is 5.32 Å². The van der Waals surface area contributed by atoms with Crippen molar-refractivity contribution in [1.82, 2.24) is 14.4 Å². The summed E-state index contributed by atoms with van der Waals surface area (Å²) in [7, 11) is -2.10. The molecule has 3 aromatic rings. The van der Waals surface area contributed by atoms with Crippen LogP contribution >= 0.6 is 0 Å². The number of ether oxygens (including phenoxy) is 1. The van der Waals surface area contributed by atoms with Crippen molar-refractivity contribution in [2.24, 2.45) is 0 Å². The number of alkyl halides is 3. The summed E-state index contributed by atoms with van der Waals surface area (Å²) in [4.78, 5) is 32.3. The number of hydrogen-bond donors (Lipinski definition) is 1. The minimum absolute atomic E-state index is 0.0550. The van der Waals surface area contributed by atoms with Crippen molar-refractivity contribution in [2.45, 2.75) is 12.6 Å². The lowest BCUT2D eigenvalue weighted by Crippen LogP contribution is -2.19. The number of fused-ring (bicyclic) bond motifs is 1. The molecule has 0 atom stereocenters. The summed E-state index contributed by atoms with van der Waals surface area (Å²) in [6, 6.07) is 4.18. The van der Waals surface area contributed by atoms with Crippen LogP contribution in [0.25, 0.3) is 5.65 Å². The van der Waals surface area contributed by atoms with E-state index >= 15 is 0 Å². The Bertz CT molecular complexity index is 1300. The number of hydrogen-bond acceptors (Lipinski definition) is 7. The number of aryl methyl sites for hydroxylation is 1. The fourth-order valence-corrected chi connectivity index (χ4v) is 3.36. The highest BCUT2D eigenvalue weighted by atomic mass is 32.2. The summed E-state index contributed by atoms with van der Waals surface area (Å²) in [6.07, 6.45) is -0.674. The fraction of sp³-hybridized carbons (Fsp3) is 0.263. The van der Waals surface area contributed by atoms with E-state index in [9.17, 15) is 31.2 Å². The van der Waals surface area contributed by atoms with Crippen molar-refractivity contribution in [1.29, 1.82) is 0 Å². The zero-order valence-electron chi connectivity index (χ0n) is 16.8. The Morgan fingerprint density at radius 1 is 1.19 bits per heavy atom. The molecule has 0 bridgehead atoms. The summed E-state index contributed by atoms with van der Waals surface area (Å²) in [5.41, 5.74) is -1.19. The Kier molecular flexibility index (Phi) is 6.21. The molecule has 0 radical (unpaired) electrons. The number of imidazole rings is 1. The maximum Gasteiger partial charge on any atom is 0.433 e. The highest BCUT2D eigenvalue weighted by molar-refractivity contribution is 7.90. The lowest BCUT2D eigenvalue weighted by Gasteiger charge is -2.11. The van der Waals surface area contributed by atoms with Gasteiger partial charge in [0.05, 0.1) is 29.8 Å². The van der Waals surface area contributed by atoms with Gasteiger partial charge in [0.1, 0.15) is 26.9 Å². The average molecular weight is 470 g/mol. The van der Waals surface area contributed by atoms with Gasteiger partial charge in [-0.15, -0.1) is 0 Å². The van der Waals surface area contributed by atoms with Crippen molar-refractivity contribution in [3.8, 4) is 0 Å². The Morgan fingerprint density at radius 3 is 2.53 bits per heavy atom. The van der Waals surface area contributed by atoms with E-state index in [1.165, 1.54) is 22.9 Å². The molecule has 0 spiro atoms. The van der Waals surface area contributed by atoms with Crippen LogP contribution in [-0.2, 0) is 27.2 Å². The highest BCUT2D eigenvalue weighted by Crippen LogP contribution is 2.27. The van der Waals surface area contributed by atoms with Crippen LogP contribution in [0.15, 0.2) is 36.7 Å². The van der Waals surface area contributed by atoms with Gasteiger partial charge in [0.25, 0.3) is 5.91 Å². The first kappa shape index (κ1) is 23.2. The third-order valence-electron chi connectivity index (χ3n) is 4.30. The zero-order valence-corrected chi connectivity index (χ0v) is 17.6. The Labute approximate surface area is 180 Å². The van der Waals surface area contributed by atoms with E-state index in [1.54, 1.807) is 0 Å². The molecule has 0 aliphatic carbocycles. The fourth-order valence-electron chi connectivity index (χ4n) is 2.78. The number of sulfone groups is 1. The molecule has 0 aliphatic heterocycles. The van der Waals surface area contributed by atoms with Crippen LogP contribution in [0.3, 0.4) is 0 Å². The number of carbonyl (C=O) groups is 2. The van der Waals surface area contributed by atoms with Crippen molar-refractivity contribution in [3.05, 3.63) is 59.3 Å². The van der Waals surface area contributed by atoms with Gasteiger partial charge in [-0.3, -0.25) is 4.79 Å². The molecule has 9 nitrogen and oxygen atoms in total. The number of methoxy groups -OCH3 is 1. The third kappa shape index (κ3) is 5.41. The minimum atomic E-state index is -4.73. The van der Waals surface area contributed by atoms with E-state index in [4.69, 9.17) is 4.74 Å². The van der Waals surface area contributed by atoms with Crippen LogP contribution in [0.1, 0.15) is 32.2 Å². The minimum Gasteiger partial charge on any atom is -0.465 e. The molecule has 170 valence electrons. The molecule has 0 saturated heterocycles.